The molecule has 0 aliphatic rings. The van der Waals surface area contributed by atoms with E-state index >= 15 is 0 Å². The molecule has 0 saturated heterocycles. The van der Waals surface area contributed by atoms with Crippen molar-refractivity contribution in [2.75, 3.05) is 5.32 Å². The summed E-state index contributed by atoms with van der Waals surface area (Å²) in [6.07, 6.45) is 0. The van der Waals surface area contributed by atoms with Gasteiger partial charge in [-0.3, -0.25) is 9.59 Å². The van der Waals surface area contributed by atoms with Crippen molar-refractivity contribution >= 4 is 40.2 Å². The van der Waals surface area contributed by atoms with Crippen LogP contribution < -0.4 is 10.6 Å². The molecule has 2 aromatic heterocycles. The number of carbonyl (C=O) groups is 2. The molecule has 23 heavy (non-hydrogen) atoms. The molecule has 3 aromatic rings. The highest BCUT2D eigenvalue weighted by molar-refractivity contribution is 7.12. The number of hydrogen-bond acceptors (Lipinski definition) is 4. The Morgan fingerprint density at radius 2 is 1.43 bits per heavy atom. The van der Waals surface area contributed by atoms with E-state index in [9.17, 15) is 9.59 Å². The summed E-state index contributed by atoms with van der Waals surface area (Å²) in [4.78, 5) is 25.2. The van der Waals surface area contributed by atoms with Gasteiger partial charge in [0.15, 0.2) is 0 Å². The average Bonchev–Trinajstić information content (AvgIpc) is 3.27. The summed E-state index contributed by atoms with van der Waals surface area (Å²) in [6.45, 7) is 0.454. The predicted octanol–water partition coefficient (Wildman–Crippen LogP) is 3.99. The first kappa shape index (κ1) is 15.5. The largest absolute Gasteiger partial charge is 0.347 e. The molecule has 0 atom stereocenters. The van der Waals surface area contributed by atoms with Crippen LogP contribution in [0.25, 0.3) is 0 Å². The fraction of sp³-hybridized carbons (Fsp3) is 0.0588. The van der Waals surface area contributed by atoms with Gasteiger partial charge in [-0.05, 0) is 40.6 Å². The first-order valence-corrected chi connectivity index (χ1v) is 8.74. The number of anilines is 1. The maximum absolute atomic E-state index is 11.9. The molecule has 2 heterocycles. The third-order valence-corrected chi connectivity index (χ3v) is 4.89. The van der Waals surface area contributed by atoms with Crippen LogP contribution >= 0.6 is 22.7 Å². The average molecular weight is 342 g/mol. The Hall–Kier alpha value is -2.44. The molecule has 2 amide bonds. The Bertz CT molecular complexity index is 779. The summed E-state index contributed by atoms with van der Waals surface area (Å²) in [5, 5.41) is 9.46. The third kappa shape index (κ3) is 4.06. The van der Waals surface area contributed by atoms with Crippen LogP contribution in [0.5, 0.6) is 0 Å². The smallest absolute Gasteiger partial charge is 0.265 e. The number of nitrogens with one attached hydrogen (secondary N) is 2. The lowest BCUT2D eigenvalue weighted by atomic mass is 10.2. The summed E-state index contributed by atoms with van der Waals surface area (Å²) in [7, 11) is 0. The third-order valence-electron chi connectivity index (χ3n) is 3.15. The molecule has 0 saturated carbocycles. The lowest BCUT2D eigenvalue weighted by Crippen LogP contribution is -2.21. The fourth-order valence-electron chi connectivity index (χ4n) is 1.98. The van der Waals surface area contributed by atoms with Gasteiger partial charge in [-0.1, -0.05) is 24.3 Å². The van der Waals surface area contributed by atoms with Crippen molar-refractivity contribution in [3.63, 3.8) is 0 Å². The maximum atomic E-state index is 11.9. The Morgan fingerprint density at radius 1 is 0.826 bits per heavy atom. The summed E-state index contributed by atoms with van der Waals surface area (Å²) in [5.74, 6) is -0.186. The van der Waals surface area contributed by atoms with Gasteiger partial charge in [-0.15, -0.1) is 22.7 Å². The molecule has 0 unspecified atom stereocenters. The van der Waals surface area contributed by atoms with Crippen LogP contribution in [0.2, 0.25) is 0 Å². The summed E-state index contributed by atoms with van der Waals surface area (Å²) >= 11 is 2.82. The van der Waals surface area contributed by atoms with Crippen molar-refractivity contribution in [3.05, 3.63) is 74.6 Å². The zero-order valence-electron chi connectivity index (χ0n) is 12.1. The van der Waals surface area contributed by atoms with Gasteiger partial charge in [0.2, 0.25) is 0 Å². The molecule has 0 aliphatic heterocycles. The van der Waals surface area contributed by atoms with Gasteiger partial charge in [-0.2, -0.15) is 0 Å². The van der Waals surface area contributed by atoms with Crippen LogP contribution in [-0.2, 0) is 6.54 Å². The zero-order chi connectivity index (χ0) is 16.1. The van der Waals surface area contributed by atoms with Crippen molar-refractivity contribution in [1.29, 1.82) is 0 Å². The van der Waals surface area contributed by atoms with E-state index in [2.05, 4.69) is 10.6 Å². The van der Waals surface area contributed by atoms with E-state index in [0.29, 0.717) is 16.3 Å². The Labute approximate surface area is 141 Å². The highest BCUT2D eigenvalue weighted by Crippen LogP contribution is 2.14. The van der Waals surface area contributed by atoms with Crippen molar-refractivity contribution in [1.82, 2.24) is 5.32 Å². The van der Waals surface area contributed by atoms with E-state index in [1.165, 1.54) is 22.7 Å². The number of amides is 2. The molecule has 2 N–H and O–H groups in total. The first-order valence-electron chi connectivity index (χ1n) is 6.98. The molecular formula is C17H14N2O2S2. The number of thiophene rings is 2. The number of carbonyl (C=O) groups excluding carboxylic acids is 2. The van der Waals surface area contributed by atoms with Gasteiger partial charge in [0.25, 0.3) is 11.8 Å². The molecule has 0 radical (unpaired) electrons. The molecule has 116 valence electrons. The van der Waals surface area contributed by atoms with Crippen molar-refractivity contribution in [2.24, 2.45) is 0 Å². The zero-order valence-corrected chi connectivity index (χ0v) is 13.7. The lowest BCUT2D eigenvalue weighted by Gasteiger charge is -2.07. The Morgan fingerprint density at radius 3 is 2.00 bits per heavy atom. The van der Waals surface area contributed by atoms with Crippen LogP contribution in [0.3, 0.4) is 0 Å². The van der Waals surface area contributed by atoms with Gasteiger partial charge < -0.3 is 10.6 Å². The fourth-order valence-corrected chi connectivity index (χ4v) is 3.24. The monoisotopic (exact) mass is 342 g/mol. The molecular weight excluding hydrogens is 328 g/mol. The standard InChI is InChI=1S/C17H14N2O2S2/c20-16(14-3-1-9-22-14)18-11-12-5-7-13(8-6-12)19-17(21)15-4-2-10-23-15/h1-10H,11H2,(H,18,20)(H,19,21). The van der Waals surface area contributed by atoms with E-state index in [1.54, 1.807) is 12.1 Å². The topological polar surface area (TPSA) is 58.2 Å². The van der Waals surface area contributed by atoms with Crippen molar-refractivity contribution in [3.8, 4) is 0 Å². The van der Waals surface area contributed by atoms with E-state index in [-0.39, 0.29) is 11.8 Å². The second-order valence-corrected chi connectivity index (χ2v) is 6.68. The van der Waals surface area contributed by atoms with E-state index < -0.39 is 0 Å². The maximum Gasteiger partial charge on any atom is 0.265 e. The number of rotatable bonds is 5. The van der Waals surface area contributed by atoms with Crippen LogP contribution in [-0.4, -0.2) is 11.8 Å². The van der Waals surface area contributed by atoms with Gasteiger partial charge in [-0.25, -0.2) is 0 Å². The van der Waals surface area contributed by atoms with Crippen molar-refractivity contribution in [2.45, 2.75) is 6.54 Å². The first-order chi connectivity index (χ1) is 11.2. The quantitative estimate of drug-likeness (QED) is 0.736. The summed E-state index contributed by atoms with van der Waals surface area (Å²) < 4.78 is 0. The van der Waals surface area contributed by atoms with E-state index in [4.69, 9.17) is 0 Å². The number of benzene rings is 1. The van der Waals surface area contributed by atoms with Gasteiger partial charge in [0, 0.05) is 12.2 Å². The minimum Gasteiger partial charge on any atom is -0.347 e. The summed E-state index contributed by atoms with van der Waals surface area (Å²) in [6, 6.07) is 14.7. The molecule has 1 aromatic carbocycles. The molecule has 0 bridgehead atoms. The molecule has 0 fully saturated rings. The Balaban J connectivity index is 1.55. The molecule has 0 spiro atoms. The van der Waals surface area contributed by atoms with Crippen LogP contribution in [0.1, 0.15) is 24.9 Å². The molecule has 3 rings (SSSR count). The minimum absolute atomic E-state index is 0.0740. The number of hydrogen-bond donors (Lipinski definition) is 2. The summed E-state index contributed by atoms with van der Waals surface area (Å²) in [5.41, 5.74) is 1.71. The van der Waals surface area contributed by atoms with Gasteiger partial charge in [0.1, 0.15) is 0 Å². The highest BCUT2D eigenvalue weighted by atomic mass is 32.1. The normalized spacial score (nSPS) is 10.3. The van der Waals surface area contributed by atoms with Gasteiger partial charge in [0.05, 0.1) is 9.75 Å². The van der Waals surface area contributed by atoms with Crippen LogP contribution in [0.15, 0.2) is 59.3 Å². The second-order valence-electron chi connectivity index (χ2n) is 4.79. The van der Waals surface area contributed by atoms with Gasteiger partial charge >= 0.3 is 0 Å². The van der Waals surface area contributed by atoms with E-state index in [1.807, 2.05) is 47.2 Å². The van der Waals surface area contributed by atoms with Crippen LogP contribution in [0, 0.1) is 0 Å². The molecule has 0 aliphatic carbocycles. The minimum atomic E-state index is -0.112. The SMILES string of the molecule is O=C(NCc1ccc(NC(=O)c2cccs2)cc1)c1cccs1. The van der Waals surface area contributed by atoms with E-state index in [0.717, 1.165) is 11.3 Å². The molecule has 6 heteroatoms. The molecule has 4 nitrogen and oxygen atoms in total. The predicted molar refractivity (Wildman–Crippen MR) is 94.2 cm³/mol. The van der Waals surface area contributed by atoms with Crippen LogP contribution in [0.4, 0.5) is 5.69 Å². The Kier molecular flexibility index (Phi) is 4.85. The lowest BCUT2D eigenvalue weighted by molar-refractivity contribution is 0.0954. The second kappa shape index (κ2) is 7.21. The highest BCUT2D eigenvalue weighted by Gasteiger charge is 2.08. The van der Waals surface area contributed by atoms with Crippen molar-refractivity contribution < 1.29 is 9.59 Å².